The average Bonchev–Trinajstić information content (AvgIpc) is 3.43. The molecule has 1 aliphatic heterocycles. The number of pyridine rings is 1. The highest BCUT2D eigenvalue weighted by molar-refractivity contribution is 5.89. The second-order valence-electron chi connectivity index (χ2n) is 8.36. The Labute approximate surface area is 172 Å². The molecule has 0 unspecified atom stereocenters. The minimum Gasteiger partial charge on any atom is -0.370 e. The van der Waals surface area contributed by atoms with E-state index in [0.717, 1.165) is 48.4 Å². The molecule has 1 atom stereocenters. The quantitative estimate of drug-likeness (QED) is 0.767. The highest BCUT2D eigenvalue weighted by Gasteiger charge is 2.42. The fraction of sp³-hybridized carbons (Fsp3) is 0.591. The van der Waals surface area contributed by atoms with Crippen molar-refractivity contribution in [2.24, 2.45) is 0 Å². The van der Waals surface area contributed by atoms with Gasteiger partial charge in [-0.1, -0.05) is 26.2 Å². The first-order valence-corrected chi connectivity index (χ1v) is 10.8. The number of aromatic nitrogens is 3. The summed E-state index contributed by atoms with van der Waals surface area (Å²) in [6.45, 7) is 4.69. The van der Waals surface area contributed by atoms with E-state index < -0.39 is 0 Å². The van der Waals surface area contributed by atoms with Gasteiger partial charge in [0.2, 0.25) is 0 Å². The third kappa shape index (κ3) is 4.45. The SMILES string of the molecule is CCCc1c(NC(=O)NC[C@H]2CCC3(CCCC3)O2)cnn1-c1cc(C)ccn1. The van der Waals surface area contributed by atoms with Gasteiger partial charge in [-0.15, -0.1) is 0 Å². The van der Waals surface area contributed by atoms with Gasteiger partial charge in [-0.3, -0.25) is 0 Å². The van der Waals surface area contributed by atoms with Crippen molar-refractivity contribution < 1.29 is 9.53 Å². The van der Waals surface area contributed by atoms with Crippen molar-refractivity contribution >= 4 is 11.7 Å². The van der Waals surface area contributed by atoms with Crippen molar-refractivity contribution in [2.45, 2.75) is 76.9 Å². The molecule has 2 aliphatic rings. The second-order valence-corrected chi connectivity index (χ2v) is 8.36. The van der Waals surface area contributed by atoms with Gasteiger partial charge in [0.15, 0.2) is 5.82 Å². The van der Waals surface area contributed by atoms with Crippen LogP contribution in [0.1, 0.15) is 63.1 Å². The van der Waals surface area contributed by atoms with Crippen LogP contribution in [0.25, 0.3) is 5.82 Å². The number of anilines is 1. The lowest BCUT2D eigenvalue weighted by Gasteiger charge is -2.23. The van der Waals surface area contributed by atoms with Crippen LogP contribution >= 0.6 is 0 Å². The maximum Gasteiger partial charge on any atom is 0.319 e. The molecule has 1 saturated heterocycles. The Bertz CT molecular complexity index is 857. The van der Waals surface area contributed by atoms with E-state index >= 15 is 0 Å². The van der Waals surface area contributed by atoms with E-state index in [-0.39, 0.29) is 17.7 Å². The Hall–Kier alpha value is -2.41. The Balaban J connectivity index is 1.38. The molecule has 1 aliphatic carbocycles. The van der Waals surface area contributed by atoms with Crippen molar-refractivity contribution in [3.05, 3.63) is 35.8 Å². The molecule has 3 heterocycles. The summed E-state index contributed by atoms with van der Waals surface area (Å²) in [5.41, 5.74) is 2.91. The number of nitrogens with one attached hydrogen (secondary N) is 2. The Morgan fingerprint density at radius 2 is 2.17 bits per heavy atom. The molecule has 7 nitrogen and oxygen atoms in total. The zero-order chi connectivity index (χ0) is 20.3. The third-order valence-corrected chi connectivity index (χ3v) is 6.07. The molecule has 2 N–H and O–H groups in total. The molecule has 4 rings (SSSR count). The van der Waals surface area contributed by atoms with E-state index in [9.17, 15) is 4.79 Å². The van der Waals surface area contributed by atoms with Gasteiger partial charge >= 0.3 is 6.03 Å². The monoisotopic (exact) mass is 397 g/mol. The highest BCUT2D eigenvalue weighted by Crippen LogP contribution is 2.43. The number of hydrogen-bond acceptors (Lipinski definition) is 4. The molecule has 2 amide bonds. The lowest BCUT2D eigenvalue weighted by Crippen LogP contribution is -2.36. The van der Waals surface area contributed by atoms with Crippen molar-refractivity contribution in [3.8, 4) is 5.82 Å². The van der Waals surface area contributed by atoms with E-state index in [1.165, 1.54) is 25.7 Å². The minimum atomic E-state index is -0.213. The maximum absolute atomic E-state index is 12.5. The first-order chi connectivity index (χ1) is 14.1. The molecule has 1 spiro atoms. The normalized spacial score (nSPS) is 20.3. The van der Waals surface area contributed by atoms with E-state index in [1.54, 1.807) is 12.4 Å². The number of rotatable bonds is 6. The Kier molecular flexibility index (Phi) is 5.85. The van der Waals surface area contributed by atoms with Gasteiger partial charge in [0, 0.05) is 12.7 Å². The van der Waals surface area contributed by atoms with Crippen LogP contribution in [0.3, 0.4) is 0 Å². The predicted molar refractivity (Wildman–Crippen MR) is 112 cm³/mol. The molecule has 1 saturated carbocycles. The van der Waals surface area contributed by atoms with Crippen LogP contribution in [-0.4, -0.2) is 39.0 Å². The summed E-state index contributed by atoms with van der Waals surface area (Å²) in [7, 11) is 0. The number of amides is 2. The standard InChI is InChI=1S/C22H31N5O2/c1-3-6-19-18(15-25-27(19)20-13-16(2)8-12-23-20)26-21(28)24-14-17-7-11-22(29-17)9-4-5-10-22/h8,12-13,15,17H,3-7,9-11,14H2,1-2H3,(H2,24,26,28)/t17-/m1/s1. The van der Waals surface area contributed by atoms with E-state index in [0.29, 0.717) is 6.54 Å². The van der Waals surface area contributed by atoms with Crippen LogP contribution in [0.15, 0.2) is 24.5 Å². The topological polar surface area (TPSA) is 81.1 Å². The number of nitrogens with zero attached hydrogens (tertiary/aromatic N) is 3. The number of ether oxygens (including phenoxy) is 1. The van der Waals surface area contributed by atoms with Crippen LogP contribution in [0.5, 0.6) is 0 Å². The molecule has 7 heteroatoms. The third-order valence-electron chi connectivity index (χ3n) is 6.07. The zero-order valence-corrected chi connectivity index (χ0v) is 17.4. The molecular weight excluding hydrogens is 366 g/mol. The molecular formula is C22H31N5O2. The minimum absolute atomic E-state index is 0.0963. The average molecular weight is 398 g/mol. The van der Waals surface area contributed by atoms with Crippen molar-refractivity contribution in [1.29, 1.82) is 0 Å². The number of urea groups is 1. The summed E-state index contributed by atoms with van der Waals surface area (Å²) < 4.78 is 8.09. The maximum atomic E-state index is 12.5. The van der Waals surface area contributed by atoms with Crippen molar-refractivity contribution in [1.82, 2.24) is 20.1 Å². The molecule has 0 radical (unpaired) electrons. The van der Waals surface area contributed by atoms with E-state index in [2.05, 4.69) is 27.6 Å². The van der Waals surface area contributed by atoms with Gasteiger partial charge in [-0.2, -0.15) is 5.10 Å². The molecule has 29 heavy (non-hydrogen) atoms. The summed E-state index contributed by atoms with van der Waals surface area (Å²) in [4.78, 5) is 16.9. The van der Waals surface area contributed by atoms with Crippen LogP contribution in [-0.2, 0) is 11.2 Å². The van der Waals surface area contributed by atoms with Gasteiger partial charge in [0.1, 0.15) is 0 Å². The lowest BCUT2D eigenvalue weighted by molar-refractivity contribution is -0.0340. The smallest absolute Gasteiger partial charge is 0.319 e. The highest BCUT2D eigenvalue weighted by atomic mass is 16.5. The fourth-order valence-corrected chi connectivity index (χ4v) is 4.59. The van der Waals surface area contributed by atoms with Crippen LogP contribution in [0.2, 0.25) is 0 Å². The van der Waals surface area contributed by atoms with Crippen molar-refractivity contribution in [3.63, 3.8) is 0 Å². The zero-order valence-electron chi connectivity index (χ0n) is 17.4. The predicted octanol–water partition coefficient (Wildman–Crippen LogP) is 4.14. The van der Waals surface area contributed by atoms with Crippen LogP contribution in [0.4, 0.5) is 10.5 Å². The van der Waals surface area contributed by atoms with Gasteiger partial charge < -0.3 is 15.4 Å². The van der Waals surface area contributed by atoms with Crippen molar-refractivity contribution in [2.75, 3.05) is 11.9 Å². The summed E-state index contributed by atoms with van der Waals surface area (Å²) >= 11 is 0. The number of carbonyl (C=O) groups excluding carboxylic acids is 1. The summed E-state index contributed by atoms with van der Waals surface area (Å²) in [6.07, 6.45) is 12.4. The molecule has 156 valence electrons. The van der Waals surface area contributed by atoms with Gasteiger partial charge in [0.05, 0.1) is 29.3 Å². The molecule has 2 aromatic heterocycles. The Morgan fingerprint density at radius 1 is 1.34 bits per heavy atom. The van der Waals surface area contributed by atoms with E-state index in [1.807, 2.05) is 23.7 Å². The largest absolute Gasteiger partial charge is 0.370 e. The summed E-state index contributed by atoms with van der Waals surface area (Å²) in [5.74, 6) is 0.767. The summed E-state index contributed by atoms with van der Waals surface area (Å²) in [5, 5.41) is 10.4. The van der Waals surface area contributed by atoms with Gasteiger partial charge in [0.25, 0.3) is 0 Å². The number of aryl methyl sites for hydroxylation is 1. The Morgan fingerprint density at radius 3 is 2.93 bits per heavy atom. The lowest BCUT2D eigenvalue weighted by atomic mass is 9.98. The molecule has 2 fully saturated rings. The first kappa shape index (κ1) is 19.9. The first-order valence-electron chi connectivity index (χ1n) is 10.8. The summed E-state index contributed by atoms with van der Waals surface area (Å²) in [6, 6.07) is 3.74. The second kappa shape index (κ2) is 8.53. The van der Waals surface area contributed by atoms with E-state index in [4.69, 9.17) is 4.74 Å². The van der Waals surface area contributed by atoms with Gasteiger partial charge in [-0.25, -0.2) is 14.5 Å². The van der Waals surface area contributed by atoms with Crippen LogP contribution in [0, 0.1) is 6.92 Å². The number of hydrogen-bond donors (Lipinski definition) is 2. The molecule has 0 aromatic carbocycles. The van der Waals surface area contributed by atoms with Crippen LogP contribution < -0.4 is 10.6 Å². The number of carbonyl (C=O) groups is 1. The fourth-order valence-electron chi connectivity index (χ4n) is 4.59. The molecule has 2 aromatic rings. The van der Waals surface area contributed by atoms with Gasteiger partial charge in [-0.05, 0) is 56.7 Å². The molecule has 0 bridgehead atoms.